The standard InChI is InChI=1S/C11H14N4O/c1-16-9-2-3-11(10(12)6-9)13-7-8-4-5-14-15-8/h2-6,13H,7,12H2,1H3,(H,14,15). The van der Waals surface area contributed by atoms with E-state index in [9.17, 15) is 0 Å². The van der Waals surface area contributed by atoms with Gasteiger partial charge in [-0.15, -0.1) is 0 Å². The maximum atomic E-state index is 5.87. The molecule has 0 fully saturated rings. The van der Waals surface area contributed by atoms with Gasteiger partial charge in [0.25, 0.3) is 0 Å². The molecule has 0 aliphatic heterocycles. The highest BCUT2D eigenvalue weighted by atomic mass is 16.5. The first-order chi connectivity index (χ1) is 7.79. The molecule has 0 aliphatic rings. The number of nitrogen functional groups attached to an aromatic ring is 1. The van der Waals surface area contributed by atoms with Gasteiger partial charge in [-0.2, -0.15) is 5.10 Å². The first-order valence-electron chi connectivity index (χ1n) is 4.95. The van der Waals surface area contributed by atoms with E-state index in [0.717, 1.165) is 17.1 Å². The van der Waals surface area contributed by atoms with Crippen molar-refractivity contribution in [2.75, 3.05) is 18.2 Å². The predicted molar refractivity (Wildman–Crippen MR) is 63.3 cm³/mol. The number of aromatic amines is 1. The highest BCUT2D eigenvalue weighted by Crippen LogP contribution is 2.24. The van der Waals surface area contributed by atoms with Gasteiger partial charge in [-0.1, -0.05) is 0 Å². The fourth-order valence-electron chi connectivity index (χ4n) is 1.40. The van der Waals surface area contributed by atoms with E-state index >= 15 is 0 Å². The van der Waals surface area contributed by atoms with Gasteiger partial charge in [0.2, 0.25) is 0 Å². The Hall–Kier alpha value is -2.17. The average molecular weight is 218 g/mol. The highest BCUT2D eigenvalue weighted by Gasteiger charge is 2.01. The van der Waals surface area contributed by atoms with Crippen LogP contribution in [0.3, 0.4) is 0 Å². The van der Waals surface area contributed by atoms with Gasteiger partial charge in [0.05, 0.1) is 30.7 Å². The summed E-state index contributed by atoms with van der Waals surface area (Å²) in [4.78, 5) is 0. The molecule has 2 rings (SSSR count). The number of H-pyrrole nitrogens is 1. The van der Waals surface area contributed by atoms with E-state index in [4.69, 9.17) is 10.5 Å². The van der Waals surface area contributed by atoms with Crippen molar-refractivity contribution in [3.8, 4) is 5.75 Å². The van der Waals surface area contributed by atoms with Gasteiger partial charge in [0, 0.05) is 12.3 Å². The quantitative estimate of drug-likeness (QED) is 0.681. The lowest BCUT2D eigenvalue weighted by atomic mass is 10.2. The molecule has 0 aliphatic carbocycles. The fourth-order valence-corrected chi connectivity index (χ4v) is 1.40. The molecule has 0 unspecified atom stereocenters. The van der Waals surface area contributed by atoms with Crippen molar-refractivity contribution in [2.24, 2.45) is 0 Å². The highest BCUT2D eigenvalue weighted by molar-refractivity contribution is 5.68. The predicted octanol–water partition coefficient (Wildman–Crippen LogP) is 1.61. The second-order valence-electron chi connectivity index (χ2n) is 3.39. The van der Waals surface area contributed by atoms with Crippen LogP contribution in [0.1, 0.15) is 5.69 Å². The zero-order valence-electron chi connectivity index (χ0n) is 9.03. The number of nitrogens with one attached hydrogen (secondary N) is 2. The minimum absolute atomic E-state index is 0.663. The summed E-state index contributed by atoms with van der Waals surface area (Å²) in [7, 11) is 1.62. The van der Waals surface area contributed by atoms with E-state index in [-0.39, 0.29) is 0 Å². The number of hydrogen-bond donors (Lipinski definition) is 3. The number of nitrogens with zero attached hydrogens (tertiary/aromatic N) is 1. The van der Waals surface area contributed by atoms with Gasteiger partial charge in [-0.05, 0) is 18.2 Å². The number of hydrogen-bond acceptors (Lipinski definition) is 4. The number of methoxy groups -OCH3 is 1. The third-order valence-electron chi connectivity index (χ3n) is 2.29. The Labute approximate surface area is 93.6 Å². The lowest BCUT2D eigenvalue weighted by molar-refractivity contribution is 0.415. The maximum absolute atomic E-state index is 5.87. The summed E-state index contributed by atoms with van der Waals surface area (Å²) in [6, 6.07) is 7.46. The second kappa shape index (κ2) is 4.57. The minimum Gasteiger partial charge on any atom is -0.497 e. The maximum Gasteiger partial charge on any atom is 0.121 e. The van der Waals surface area contributed by atoms with Gasteiger partial charge in [-0.25, -0.2) is 0 Å². The normalized spacial score (nSPS) is 10.1. The lowest BCUT2D eigenvalue weighted by Gasteiger charge is -2.09. The number of anilines is 2. The second-order valence-corrected chi connectivity index (χ2v) is 3.39. The molecule has 0 bridgehead atoms. The molecule has 84 valence electrons. The fraction of sp³-hybridized carbons (Fsp3) is 0.182. The number of aromatic nitrogens is 2. The number of rotatable bonds is 4. The van der Waals surface area contributed by atoms with Crippen LogP contribution in [0.2, 0.25) is 0 Å². The third-order valence-corrected chi connectivity index (χ3v) is 2.29. The Balaban J connectivity index is 2.04. The molecule has 1 aromatic heterocycles. The minimum atomic E-state index is 0.663. The number of ether oxygens (including phenoxy) is 1. The molecule has 0 saturated carbocycles. The van der Waals surface area contributed by atoms with Crippen molar-refractivity contribution in [2.45, 2.75) is 6.54 Å². The third kappa shape index (κ3) is 2.25. The van der Waals surface area contributed by atoms with Crippen LogP contribution in [-0.2, 0) is 6.54 Å². The van der Waals surface area contributed by atoms with Crippen molar-refractivity contribution in [1.29, 1.82) is 0 Å². The van der Waals surface area contributed by atoms with E-state index < -0.39 is 0 Å². The van der Waals surface area contributed by atoms with Crippen LogP contribution < -0.4 is 15.8 Å². The van der Waals surface area contributed by atoms with Gasteiger partial charge in [-0.3, -0.25) is 5.10 Å². The van der Waals surface area contributed by atoms with Crippen molar-refractivity contribution in [3.05, 3.63) is 36.2 Å². The van der Waals surface area contributed by atoms with Crippen LogP contribution in [0.4, 0.5) is 11.4 Å². The van der Waals surface area contributed by atoms with Gasteiger partial charge in [0.1, 0.15) is 5.75 Å². The van der Waals surface area contributed by atoms with E-state index in [1.165, 1.54) is 0 Å². The summed E-state index contributed by atoms with van der Waals surface area (Å²) in [5.41, 5.74) is 8.43. The summed E-state index contributed by atoms with van der Waals surface area (Å²) in [6.45, 7) is 0.663. The van der Waals surface area contributed by atoms with Crippen LogP contribution in [0.15, 0.2) is 30.5 Å². The van der Waals surface area contributed by atoms with Gasteiger partial charge >= 0.3 is 0 Å². The Morgan fingerprint density at radius 2 is 2.31 bits per heavy atom. The van der Waals surface area contributed by atoms with Gasteiger partial charge in [0.15, 0.2) is 0 Å². The molecule has 1 aromatic carbocycles. The molecule has 1 heterocycles. The molecule has 0 amide bonds. The lowest BCUT2D eigenvalue weighted by Crippen LogP contribution is -2.03. The van der Waals surface area contributed by atoms with Crippen molar-refractivity contribution >= 4 is 11.4 Å². The molecule has 0 radical (unpaired) electrons. The number of benzene rings is 1. The van der Waals surface area contributed by atoms with Crippen molar-refractivity contribution < 1.29 is 4.74 Å². The SMILES string of the molecule is COc1ccc(NCc2ccn[nH]2)c(N)c1. The van der Waals surface area contributed by atoms with E-state index in [1.54, 1.807) is 19.4 Å². The molecule has 5 heteroatoms. The molecule has 0 atom stereocenters. The van der Waals surface area contributed by atoms with Crippen LogP contribution in [-0.4, -0.2) is 17.3 Å². The topological polar surface area (TPSA) is 76.0 Å². The Bertz CT molecular complexity index is 453. The van der Waals surface area contributed by atoms with Crippen LogP contribution in [0.5, 0.6) is 5.75 Å². The molecular weight excluding hydrogens is 204 g/mol. The summed E-state index contributed by atoms with van der Waals surface area (Å²) in [6.07, 6.45) is 1.72. The Morgan fingerprint density at radius 3 is 2.94 bits per heavy atom. The summed E-state index contributed by atoms with van der Waals surface area (Å²) in [5.74, 6) is 0.754. The van der Waals surface area contributed by atoms with E-state index in [1.807, 2.05) is 18.2 Å². The Morgan fingerprint density at radius 1 is 1.44 bits per heavy atom. The summed E-state index contributed by atoms with van der Waals surface area (Å²) < 4.78 is 5.08. The van der Waals surface area contributed by atoms with Crippen molar-refractivity contribution in [3.63, 3.8) is 0 Å². The zero-order chi connectivity index (χ0) is 11.4. The molecule has 2 aromatic rings. The zero-order valence-corrected chi connectivity index (χ0v) is 9.03. The van der Waals surface area contributed by atoms with Crippen LogP contribution in [0, 0.1) is 0 Å². The summed E-state index contributed by atoms with van der Waals surface area (Å²) >= 11 is 0. The van der Waals surface area contributed by atoms with Crippen LogP contribution in [0.25, 0.3) is 0 Å². The summed E-state index contributed by atoms with van der Waals surface area (Å²) in [5, 5.41) is 9.95. The van der Waals surface area contributed by atoms with Gasteiger partial charge < -0.3 is 15.8 Å². The molecular formula is C11H14N4O. The van der Waals surface area contributed by atoms with E-state index in [0.29, 0.717) is 12.2 Å². The first-order valence-corrected chi connectivity index (χ1v) is 4.95. The largest absolute Gasteiger partial charge is 0.497 e. The monoisotopic (exact) mass is 218 g/mol. The molecule has 5 nitrogen and oxygen atoms in total. The van der Waals surface area contributed by atoms with Crippen molar-refractivity contribution in [1.82, 2.24) is 10.2 Å². The first kappa shape index (κ1) is 10.4. The molecule has 0 saturated heterocycles. The molecule has 16 heavy (non-hydrogen) atoms. The van der Waals surface area contributed by atoms with E-state index in [2.05, 4.69) is 15.5 Å². The molecule has 0 spiro atoms. The van der Waals surface area contributed by atoms with Crippen LogP contribution >= 0.6 is 0 Å². The average Bonchev–Trinajstić information content (AvgIpc) is 2.80. The molecule has 4 N–H and O–H groups in total. The Kier molecular flexibility index (Phi) is 2.95. The smallest absolute Gasteiger partial charge is 0.121 e. The number of nitrogens with two attached hydrogens (primary N) is 1.